The Morgan fingerprint density at radius 3 is 2.69 bits per heavy atom. The number of hydrogen-bond donors (Lipinski definition) is 1. The molecule has 158 valence electrons. The van der Waals surface area contributed by atoms with Crippen molar-refractivity contribution in [3.63, 3.8) is 0 Å². The number of nitrogens with one attached hydrogen (secondary N) is 1. The zero-order chi connectivity index (χ0) is 20.5. The summed E-state index contributed by atoms with van der Waals surface area (Å²) in [7, 11) is 1.67. The van der Waals surface area contributed by atoms with E-state index in [0.717, 1.165) is 44.6 Å². The quantitative estimate of drug-likeness (QED) is 0.594. The number of morpholine rings is 1. The fourth-order valence-corrected chi connectivity index (χ4v) is 3.16. The van der Waals surface area contributed by atoms with Crippen molar-refractivity contribution in [3.8, 4) is 0 Å². The molecule has 29 heavy (non-hydrogen) atoms. The van der Waals surface area contributed by atoms with Crippen molar-refractivity contribution in [1.29, 1.82) is 0 Å². The van der Waals surface area contributed by atoms with E-state index in [1.807, 2.05) is 4.90 Å². The molecule has 2 aromatic heterocycles. The van der Waals surface area contributed by atoms with Gasteiger partial charge >= 0.3 is 6.01 Å². The summed E-state index contributed by atoms with van der Waals surface area (Å²) < 4.78 is 10.8. The van der Waals surface area contributed by atoms with Crippen molar-refractivity contribution in [2.75, 3.05) is 49.7 Å². The first-order chi connectivity index (χ1) is 14.2. The summed E-state index contributed by atoms with van der Waals surface area (Å²) >= 11 is 0. The van der Waals surface area contributed by atoms with Crippen molar-refractivity contribution in [1.82, 2.24) is 25.4 Å². The van der Waals surface area contributed by atoms with E-state index in [1.54, 1.807) is 26.4 Å². The molecule has 0 unspecified atom stereocenters. The topological polar surface area (TPSA) is 110 Å². The zero-order valence-corrected chi connectivity index (χ0v) is 17.1. The first kappa shape index (κ1) is 21.0. The lowest BCUT2D eigenvalue weighted by molar-refractivity contribution is -0.120. The van der Waals surface area contributed by atoms with Crippen LogP contribution in [0.25, 0.3) is 0 Å². The maximum absolute atomic E-state index is 11.3. The van der Waals surface area contributed by atoms with Crippen LogP contribution in [0.5, 0.6) is 0 Å². The van der Waals surface area contributed by atoms with Gasteiger partial charge in [0.2, 0.25) is 5.91 Å². The fourth-order valence-electron chi connectivity index (χ4n) is 3.16. The highest BCUT2D eigenvalue weighted by molar-refractivity contribution is 5.75. The Balaban J connectivity index is 1.64. The van der Waals surface area contributed by atoms with Gasteiger partial charge in [0.05, 0.1) is 25.6 Å². The van der Waals surface area contributed by atoms with Crippen LogP contribution in [-0.2, 0) is 9.53 Å². The molecule has 0 spiro atoms. The van der Waals surface area contributed by atoms with Gasteiger partial charge in [-0.2, -0.15) is 4.98 Å². The molecule has 1 fully saturated rings. The first-order valence-electron chi connectivity index (χ1n) is 10.1. The molecule has 1 aliphatic rings. The molecule has 0 aromatic carbocycles. The summed E-state index contributed by atoms with van der Waals surface area (Å²) in [5.74, 6) is 2.16. The maximum Gasteiger partial charge on any atom is 0.329 e. The Kier molecular flexibility index (Phi) is 7.74. The van der Waals surface area contributed by atoms with Crippen LogP contribution in [0.2, 0.25) is 0 Å². The van der Waals surface area contributed by atoms with E-state index in [1.165, 1.54) is 0 Å². The van der Waals surface area contributed by atoms with Gasteiger partial charge in [0.1, 0.15) is 5.82 Å². The molecule has 2 aromatic rings. The number of amides is 1. The smallest absolute Gasteiger partial charge is 0.329 e. The number of nitrogens with zero attached hydrogens (tertiary/aromatic N) is 6. The number of rotatable bonds is 10. The molecule has 10 nitrogen and oxygen atoms in total. The number of anilines is 3. The van der Waals surface area contributed by atoms with Gasteiger partial charge in [-0.05, 0) is 19.8 Å². The monoisotopic (exact) mass is 403 g/mol. The first-order valence-corrected chi connectivity index (χ1v) is 10.1. The Bertz CT molecular complexity index is 777. The van der Waals surface area contributed by atoms with Crippen LogP contribution in [0.3, 0.4) is 0 Å². The van der Waals surface area contributed by atoms with E-state index in [4.69, 9.17) is 14.2 Å². The highest BCUT2D eigenvalue weighted by Gasteiger charge is 2.20. The van der Waals surface area contributed by atoms with E-state index in [2.05, 4.69) is 25.3 Å². The second-order valence-corrected chi connectivity index (χ2v) is 6.95. The maximum atomic E-state index is 11.3. The van der Waals surface area contributed by atoms with Crippen molar-refractivity contribution >= 4 is 23.6 Å². The number of carbonyl (C=O) groups is 1. The molecule has 0 bridgehead atoms. The third-order valence-corrected chi connectivity index (χ3v) is 4.78. The number of ether oxygens (including phenoxy) is 1. The van der Waals surface area contributed by atoms with Gasteiger partial charge in [-0.15, -0.1) is 0 Å². The van der Waals surface area contributed by atoms with Gasteiger partial charge in [0, 0.05) is 33.1 Å². The van der Waals surface area contributed by atoms with Crippen LogP contribution >= 0.6 is 0 Å². The van der Waals surface area contributed by atoms with Crippen LogP contribution in [-0.4, -0.2) is 65.9 Å². The van der Waals surface area contributed by atoms with Crippen LogP contribution < -0.4 is 15.1 Å². The van der Waals surface area contributed by atoms with Crippen LogP contribution in [0, 0.1) is 6.92 Å². The number of aryl methyl sites for hydroxylation is 1. The Morgan fingerprint density at radius 1 is 1.17 bits per heavy atom. The van der Waals surface area contributed by atoms with E-state index in [-0.39, 0.29) is 5.91 Å². The third kappa shape index (κ3) is 6.11. The average Bonchev–Trinajstić information content (AvgIpc) is 3.19. The molecule has 0 aliphatic carbocycles. The molecule has 0 radical (unpaired) electrons. The fraction of sp³-hybridized carbons (Fsp3) is 0.632. The lowest BCUT2D eigenvalue weighted by atomic mass is 10.1. The largest absolute Gasteiger partial charge is 0.378 e. The minimum absolute atomic E-state index is 0.0863. The van der Waals surface area contributed by atoms with E-state index in [0.29, 0.717) is 43.8 Å². The Labute approximate surface area is 170 Å². The van der Waals surface area contributed by atoms with Gasteiger partial charge in [0.15, 0.2) is 11.6 Å². The number of hydrogen-bond acceptors (Lipinski definition) is 9. The number of aromatic nitrogens is 4. The van der Waals surface area contributed by atoms with Crippen molar-refractivity contribution in [3.05, 3.63) is 18.2 Å². The number of carbonyl (C=O) groups excluding carboxylic acids is 1. The average molecular weight is 403 g/mol. The third-order valence-electron chi connectivity index (χ3n) is 4.78. The van der Waals surface area contributed by atoms with Crippen molar-refractivity contribution < 1.29 is 14.1 Å². The summed E-state index contributed by atoms with van der Waals surface area (Å²) in [5.41, 5.74) is 0. The standard InChI is InChI=1S/C19H29N7O3/c1-15-22-19(29-24-15)26(8-6-4-3-5-7-18(27)20-2)17-14-21-13-16(23-17)25-9-11-28-12-10-25/h13-14H,3-12H2,1-2H3,(H,20,27). The Hall–Kier alpha value is -2.75. The normalized spacial score (nSPS) is 14.1. The van der Waals surface area contributed by atoms with E-state index >= 15 is 0 Å². The highest BCUT2D eigenvalue weighted by Crippen LogP contribution is 2.24. The molecule has 3 rings (SSSR count). The van der Waals surface area contributed by atoms with Gasteiger partial charge in [0.25, 0.3) is 0 Å². The summed E-state index contributed by atoms with van der Waals surface area (Å²) in [5, 5.41) is 6.56. The molecule has 0 atom stereocenters. The lowest BCUT2D eigenvalue weighted by Gasteiger charge is -2.28. The molecular formula is C19H29N7O3. The summed E-state index contributed by atoms with van der Waals surface area (Å²) in [6.45, 7) is 5.44. The SMILES string of the molecule is CNC(=O)CCCCCCN(c1cncc(N2CCOCC2)n1)c1nc(C)no1. The summed E-state index contributed by atoms with van der Waals surface area (Å²) in [4.78, 5) is 28.9. The summed E-state index contributed by atoms with van der Waals surface area (Å²) in [6, 6.07) is 0.418. The second-order valence-electron chi connectivity index (χ2n) is 6.95. The molecule has 3 heterocycles. The Morgan fingerprint density at radius 2 is 1.97 bits per heavy atom. The van der Waals surface area contributed by atoms with Crippen molar-refractivity contribution in [2.45, 2.75) is 39.0 Å². The van der Waals surface area contributed by atoms with Gasteiger partial charge in [-0.1, -0.05) is 18.0 Å². The molecule has 0 saturated carbocycles. The molecule has 10 heteroatoms. The van der Waals surface area contributed by atoms with E-state index in [9.17, 15) is 4.79 Å². The van der Waals surface area contributed by atoms with Gasteiger partial charge in [-0.3, -0.25) is 14.7 Å². The zero-order valence-electron chi connectivity index (χ0n) is 17.1. The van der Waals surface area contributed by atoms with Crippen molar-refractivity contribution in [2.24, 2.45) is 0 Å². The number of unbranched alkanes of at least 4 members (excludes halogenated alkanes) is 3. The predicted molar refractivity (Wildman–Crippen MR) is 108 cm³/mol. The lowest BCUT2D eigenvalue weighted by Crippen LogP contribution is -2.37. The van der Waals surface area contributed by atoms with Crippen LogP contribution in [0.4, 0.5) is 17.7 Å². The molecule has 1 N–H and O–H groups in total. The second kappa shape index (κ2) is 10.7. The minimum atomic E-state index is 0.0863. The summed E-state index contributed by atoms with van der Waals surface area (Å²) in [6.07, 6.45) is 7.83. The molecule has 1 aliphatic heterocycles. The molecule has 1 amide bonds. The van der Waals surface area contributed by atoms with Crippen LogP contribution in [0.1, 0.15) is 37.9 Å². The van der Waals surface area contributed by atoms with Crippen LogP contribution in [0.15, 0.2) is 16.9 Å². The molecule has 1 saturated heterocycles. The van der Waals surface area contributed by atoms with Gasteiger partial charge in [-0.25, -0.2) is 4.98 Å². The molecular weight excluding hydrogens is 374 g/mol. The van der Waals surface area contributed by atoms with Gasteiger partial charge < -0.3 is 19.5 Å². The highest BCUT2D eigenvalue weighted by atomic mass is 16.5. The predicted octanol–water partition coefficient (Wildman–Crippen LogP) is 1.84. The van der Waals surface area contributed by atoms with E-state index < -0.39 is 0 Å². The minimum Gasteiger partial charge on any atom is -0.378 e.